The standard InChI is InChI=1S/C21H33FN4OS/c1-4-23-20(25-17(3)18-6-5-16(2)19(22)13-18)24-14-21(7-12-28-15-21)26-8-10-27-11-9-26/h5-6,13,17H,4,7-12,14-15H2,1-3H3,(H2,23,24,25). The average molecular weight is 409 g/mol. The van der Waals surface area contributed by atoms with E-state index in [1.54, 1.807) is 13.0 Å². The van der Waals surface area contributed by atoms with Crippen molar-refractivity contribution in [1.82, 2.24) is 15.5 Å². The van der Waals surface area contributed by atoms with Gasteiger partial charge in [-0.15, -0.1) is 0 Å². The molecular weight excluding hydrogens is 375 g/mol. The number of hydrogen-bond donors (Lipinski definition) is 2. The first-order valence-electron chi connectivity index (χ1n) is 10.3. The number of nitrogens with zero attached hydrogens (tertiary/aromatic N) is 2. The van der Waals surface area contributed by atoms with Gasteiger partial charge in [0.15, 0.2) is 5.96 Å². The van der Waals surface area contributed by atoms with Gasteiger partial charge in [-0.05, 0) is 50.1 Å². The highest BCUT2D eigenvalue weighted by Gasteiger charge is 2.40. The zero-order valence-electron chi connectivity index (χ0n) is 17.3. The molecule has 7 heteroatoms. The van der Waals surface area contributed by atoms with Crippen molar-refractivity contribution in [1.29, 1.82) is 0 Å². The van der Waals surface area contributed by atoms with Crippen LogP contribution in [0.1, 0.15) is 37.4 Å². The monoisotopic (exact) mass is 408 g/mol. The zero-order chi connectivity index (χ0) is 20.0. The molecule has 0 amide bonds. The molecule has 0 aliphatic carbocycles. The Balaban J connectivity index is 1.70. The van der Waals surface area contributed by atoms with E-state index in [1.165, 1.54) is 12.2 Å². The number of morpholine rings is 1. The van der Waals surface area contributed by atoms with Gasteiger partial charge in [0.25, 0.3) is 0 Å². The molecule has 2 N–H and O–H groups in total. The average Bonchev–Trinajstić information content (AvgIpc) is 3.19. The summed E-state index contributed by atoms with van der Waals surface area (Å²) in [6, 6.07) is 5.39. The lowest BCUT2D eigenvalue weighted by Gasteiger charge is -2.42. The Bertz CT molecular complexity index is 672. The SMILES string of the molecule is CCNC(=NCC1(N2CCOCC2)CCSC1)NC(C)c1ccc(C)c(F)c1. The van der Waals surface area contributed by atoms with E-state index in [4.69, 9.17) is 9.73 Å². The summed E-state index contributed by atoms with van der Waals surface area (Å²) >= 11 is 2.02. The van der Waals surface area contributed by atoms with Crippen LogP contribution >= 0.6 is 11.8 Å². The van der Waals surface area contributed by atoms with Crippen molar-refractivity contribution in [2.24, 2.45) is 4.99 Å². The quantitative estimate of drug-likeness (QED) is 0.560. The van der Waals surface area contributed by atoms with Gasteiger partial charge in [0, 0.05) is 25.4 Å². The number of rotatable bonds is 6. The van der Waals surface area contributed by atoms with Crippen molar-refractivity contribution in [2.45, 2.75) is 38.8 Å². The molecule has 2 saturated heterocycles. The van der Waals surface area contributed by atoms with Crippen LogP contribution in [0.25, 0.3) is 0 Å². The lowest BCUT2D eigenvalue weighted by atomic mass is 9.96. The van der Waals surface area contributed by atoms with E-state index >= 15 is 0 Å². The Morgan fingerprint density at radius 3 is 2.82 bits per heavy atom. The molecule has 1 aromatic carbocycles. The first-order valence-corrected chi connectivity index (χ1v) is 11.4. The number of thioether (sulfide) groups is 1. The Labute approximate surface area is 172 Å². The van der Waals surface area contributed by atoms with Crippen molar-refractivity contribution in [3.8, 4) is 0 Å². The molecule has 0 radical (unpaired) electrons. The minimum atomic E-state index is -0.164. The third-order valence-electron chi connectivity index (χ3n) is 5.69. The maximum atomic E-state index is 13.9. The molecule has 2 fully saturated rings. The molecule has 2 atom stereocenters. The fourth-order valence-electron chi connectivity index (χ4n) is 3.82. The Morgan fingerprint density at radius 2 is 2.18 bits per heavy atom. The number of aryl methyl sites for hydroxylation is 1. The van der Waals surface area contributed by atoms with Gasteiger partial charge in [-0.2, -0.15) is 11.8 Å². The number of aliphatic imine (C=N–C) groups is 1. The molecule has 0 spiro atoms. The molecule has 2 heterocycles. The smallest absolute Gasteiger partial charge is 0.191 e. The predicted octanol–water partition coefficient (Wildman–Crippen LogP) is 2.96. The Hall–Kier alpha value is -1.31. The fourth-order valence-corrected chi connectivity index (χ4v) is 5.29. The van der Waals surface area contributed by atoms with E-state index in [9.17, 15) is 4.39 Å². The van der Waals surface area contributed by atoms with Crippen molar-refractivity contribution in [3.63, 3.8) is 0 Å². The topological polar surface area (TPSA) is 48.9 Å². The van der Waals surface area contributed by atoms with Crippen LogP contribution in [0, 0.1) is 12.7 Å². The summed E-state index contributed by atoms with van der Waals surface area (Å²) in [5.74, 6) is 2.94. The molecule has 1 aromatic rings. The van der Waals surface area contributed by atoms with E-state index < -0.39 is 0 Å². The lowest BCUT2D eigenvalue weighted by Crippen LogP contribution is -2.56. The number of nitrogens with one attached hydrogen (secondary N) is 2. The molecule has 2 aliphatic heterocycles. The predicted molar refractivity (Wildman–Crippen MR) is 116 cm³/mol. The van der Waals surface area contributed by atoms with Crippen molar-refractivity contribution in [2.75, 3.05) is 50.9 Å². The van der Waals surface area contributed by atoms with Gasteiger partial charge in [0.1, 0.15) is 5.82 Å². The molecule has 5 nitrogen and oxygen atoms in total. The van der Waals surface area contributed by atoms with Crippen LogP contribution in [-0.4, -0.2) is 67.3 Å². The number of hydrogen-bond acceptors (Lipinski definition) is 4. The van der Waals surface area contributed by atoms with Crippen LogP contribution in [0.3, 0.4) is 0 Å². The van der Waals surface area contributed by atoms with E-state index in [-0.39, 0.29) is 17.4 Å². The normalized spacial score (nSPS) is 24.9. The third kappa shape index (κ3) is 5.19. The van der Waals surface area contributed by atoms with Gasteiger partial charge >= 0.3 is 0 Å². The summed E-state index contributed by atoms with van der Waals surface area (Å²) in [5, 5.41) is 6.80. The molecule has 2 unspecified atom stereocenters. The van der Waals surface area contributed by atoms with E-state index in [2.05, 4.69) is 22.5 Å². The summed E-state index contributed by atoms with van der Waals surface area (Å²) in [6.07, 6.45) is 1.17. The molecule has 2 aliphatic rings. The van der Waals surface area contributed by atoms with Crippen LogP contribution in [0.2, 0.25) is 0 Å². The molecule has 3 rings (SSSR count). The van der Waals surface area contributed by atoms with Gasteiger partial charge in [-0.3, -0.25) is 9.89 Å². The largest absolute Gasteiger partial charge is 0.379 e. The second-order valence-corrected chi connectivity index (χ2v) is 8.80. The second-order valence-electron chi connectivity index (χ2n) is 7.70. The molecular formula is C21H33FN4OS. The van der Waals surface area contributed by atoms with Crippen molar-refractivity contribution >= 4 is 17.7 Å². The Kier molecular flexibility index (Phi) is 7.60. The highest BCUT2D eigenvalue weighted by Crippen LogP contribution is 2.34. The number of ether oxygens (including phenoxy) is 1. The Morgan fingerprint density at radius 1 is 1.39 bits per heavy atom. The maximum Gasteiger partial charge on any atom is 0.191 e. The van der Waals surface area contributed by atoms with Crippen LogP contribution in [-0.2, 0) is 4.74 Å². The number of benzene rings is 1. The molecule has 0 aromatic heterocycles. The summed E-state index contributed by atoms with van der Waals surface area (Å²) in [7, 11) is 0. The summed E-state index contributed by atoms with van der Waals surface area (Å²) in [5.41, 5.74) is 1.71. The van der Waals surface area contributed by atoms with Crippen LogP contribution < -0.4 is 10.6 Å². The summed E-state index contributed by atoms with van der Waals surface area (Å²) in [6.45, 7) is 11.0. The van der Waals surface area contributed by atoms with Gasteiger partial charge in [0.05, 0.1) is 31.3 Å². The molecule has 0 saturated carbocycles. The molecule has 28 heavy (non-hydrogen) atoms. The minimum absolute atomic E-state index is 0.0230. The summed E-state index contributed by atoms with van der Waals surface area (Å²) in [4.78, 5) is 7.52. The highest BCUT2D eigenvalue weighted by molar-refractivity contribution is 7.99. The number of halogens is 1. The van der Waals surface area contributed by atoms with Crippen LogP contribution in [0.5, 0.6) is 0 Å². The van der Waals surface area contributed by atoms with Crippen LogP contribution in [0.4, 0.5) is 4.39 Å². The zero-order valence-corrected chi connectivity index (χ0v) is 18.1. The van der Waals surface area contributed by atoms with Crippen molar-refractivity contribution < 1.29 is 9.13 Å². The van der Waals surface area contributed by atoms with Crippen molar-refractivity contribution in [3.05, 3.63) is 35.1 Å². The van der Waals surface area contributed by atoms with Gasteiger partial charge < -0.3 is 15.4 Å². The minimum Gasteiger partial charge on any atom is -0.379 e. The van der Waals surface area contributed by atoms with Gasteiger partial charge in [-0.25, -0.2) is 4.39 Å². The first-order chi connectivity index (χ1) is 13.5. The van der Waals surface area contributed by atoms with E-state index in [0.29, 0.717) is 5.56 Å². The maximum absolute atomic E-state index is 13.9. The van der Waals surface area contributed by atoms with Gasteiger partial charge in [0.2, 0.25) is 0 Å². The first kappa shape index (κ1) is 21.4. The van der Waals surface area contributed by atoms with E-state index in [0.717, 1.165) is 56.7 Å². The molecule has 156 valence electrons. The fraction of sp³-hybridized carbons (Fsp3) is 0.667. The third-order valence-corrected chi connectivity index (χ3v) is 6.92. The molecule has 0 bridgehead atoms. The van der Waals surface area contributed by atoms with Crippen LogP contribution in [0.15, 0.2) is 23.2 Å². The van der Waals surface area contributed by atoms with E-state index in [1.807, 2.05) is 30.8 Å². The number of guanidine groups is 1. The lowest BCUT2D eigenvalue weighted by molar-refractivity contribution is -0.0104. The second kappa shape index (κ2) is 9.94. The summed E-state index contributed by atoms with van der Waals surface area (Å²) < 4.78 is 19.5. The highest BCUT2D eigenvalue weighted by atomic mass is 32.2. The van der Waals surface area contributed by atoms with Gasteiger partial charge in [-0.1, -0.05) is 12.1 Å².